The van der Waals surface area contributed by atoms with E-state index in [0.29, 0.717) is 11.8 Å². The molecule has 1 aromatic heterocycles. The molecule has 0 aliphatic carbocycles. The van der Waals surface area contributed by atoms with Gasteiger partial charge in [0.25, 0.3) is 0 Å². The third-order valence-corrected chi connectivity index (χ3v) is 3.21. The van der Waals surface area contributed by atoms with Crippen LogP contribution < -0.4 is 16.0 Å². The molecule has 21 heavy (non-hydrogen) atoms. The number of anilines is 1. The van der Waals surface area contributed by atoms with Gasteiger partial charge in [0.15, 0.2) is 0 Å². The number of aryl methyl sites for hydroxylation is 2. The van der Waals surface area contributed by atoms with Gasteiger partial charge in [-0.3, -0.25) is 5.43 Å². The van der Waals surface area contributed by atoms with Crippen LogP contribution in [0.25, 0.3) is 0 Å². The SMILES string of the molecule is Cc1ccc(C(C)(C)C)c(Oc2nc(NN)ncc2C)c1. The van der Waals surface area contributed by atoms with Crippen molar-refractivity contribution in [1.29, 1.82) is 0 Å². The average Bonchev–Trinajstić information content (AvgIpc) is 2.40. The van der Waals surface area contributed by atoms with E-state index < -0.39 is 0 Å². The molecule has 0 aliphatic heterocycles. The van der Waals surface area contributed by atoms with E-state index in [1.165, 1.54) is 0 Å². The molecule has 0 bridgehead atoms. The van der Waals surface area contributed by atoms with Gasteiger partial charge in [0.1, 0.15) is 5.75 Å². The zero-order chi connectivity index (χ0) is 15.6. The smallest absolute Gasteiger partial charge is 0.240 e. The van der Waals surface area contributed by atoms with Crippen LogP contribution in [0.15, 0.2) is 24.4 Å². The van der Waals surface area contributed by atoms with Gasteiger partial charge in [-0.1, -0.05) is 32.9 Å². The highest BCUT2D eigenvalue weighted by atomic mass is 16.5. The Bertz CT molecular complexity index is 647. The average molecular weight is 286 g/mol. The normalized spacial score (nSPS) is 11.3. The zero-order valence-corrected chi connectivity index (χ0v) is 13.2. The van der Waals surface area contributed by atoms with E-state index in [0.717, 1.165) is 22.4 Å². The van der Waals surface area contributed by atoms with E-state index in [1.54, 1.807) is 6.20 Å². The van der Waals surface area contributed by atoms with Gasteiger partial charge < -0.3 is 4.74 Å². The van der Waals surface area contributed by atoms with E-state index in [9.17, 15) is 0 Å². The first-order valence-corrected chi connectivity index (χ1v) is 6.90. The Morgan fingerprint density at radius 2 is 1.90 bits per heavy atom. The highest BCUT2D eigenvalue weighted by molar-refractivity contribution is 5.44. The fourth-order valence-electron chi connectivity index (χ4n) is 2.04. The summed E-state index contributed by atoms with van der Waals surface area (Å²) in [6, 6.07) is 6.22. The van der Waals surface area contributed by atoms with Gasteiger partial charge in [-0.2, -0.15) is 4.98 Å². The van der Waals surface area contributed by atoms with E-state index >= 15 is 0 Å². The molecule has 0 spiro atoms. The van der Waals surface area contributed by atoms with Crippen LogP contribution in [-0.4, -0.2) is 9.97 Å². The summed E-state index contributed by atoms with van der Waals surface area (Å²) in [6.45, 7) is 10.4. The standard InChI is InChI=1S/C16H22N4O/c1-10-6-7-12(16(3,4)5)13(8-10)21-14-11(2)9-18-15(19-14)20-17/h6-9H,17H2,1-5H3,(H,18,19,20). The van der Waals surface area contributed by atoms with Crippen LogP contribution in [0.4, 0.5) is 5.95 Å². The fourth-order valence-corrected chi connectivity index (χ4v) is 2.04. The molecule has 3 N–H and O–H groups in total. The number of benzene rings is 1. The number of nitrogens with two attached hydrogens (primary N) is 1. The Morgan fingerprint density at radius 3 is 2.52 bits per heavy atom. The minimum Gasteiger partial charge on any atom is -0.438 e. The molecule has 0 aliphatic rings. The molecule has 0 unspecified atom stereocenters. The Hall–Kier alpha value is -2.14. The number of nitrogens with zero attached hydrogens (tertiary/aromatic N) is 2. The second-order valence-electron chi connectivity index (χ2n) is 6.18. The lowest BCUT2D eigenvalue weighted by molar-refractivity contribution is 0.435. The van der Waals surface area contributed by atoms with Crippen molar-refractivity contribution in [1.82, 2.24) is 9.97 Å². The van der Waals surface area contributed by atoms with Crippen molar-refractivity contribution in [3.8, 4) is 11.6 Å². The van der Waals surface area contributed by atoms with Crippen molar-refractivity contribution in [2.24, 2.45) is 5.84 Å². The number of hydrazine groups is 1. The van der Waals surface area contributed by atoms with Crippen LogP contribution in [0.5, 0.6) is 11.6 Å². The summed E-state index contributed by atoms with van der Waals surface area (Å²) < 4.78 is 6.04. The van der Waals surface area contributed by atoms with Crippen LogP contribution in [0, 0.1) is 13.8 Å². The molecule has 2 rings (SSSR count). The largest absolute Gasteiger partial charge is 0.438 e. The van der Waals surface area contributed by atoms with Crippen molar-refractivity contribution in [2.75, 3.05) is 5.43 Å². The lowest BCUT2D eigenvalue weighted by Gasteiger charge is -2.23. The maximum Gasteiger partial charge on any atom is 0.240 e. The first-order valence-electron chi connectivity index (χ1n) is 6.90. The molecule has 1 aromatic carbocycles. The summed E-state index contributed by atoms with van der Waals surface area (Å²) in [4.78, 5) is 8.33. The van der Waals surface area contributed by atoms with Crippen molar-refractivity contribution in [2.45, 2.75) is 40.0 Å². The Kier molecular flexibility index (Phi) is 4.14. The van der Waals surface area contributed by atoms with Crippen LogP contribution in [0.2, 0.25) is 0 Å². The lowest BCUT2D eigenvalue weighted by Crippen LogP contribution is -2.14. The molecule has 0 atom stereocenters. The molecule has 112 valence electrons. The molecule has 0 saturated heterocycles. The van der Waals surface area contributed by atoms with Crippen LogP contribution in [0.1, 0.15) is 37.5 Å². The van der Waals surface area contributed by atoms with Crippen LogP contribution in [0.3, 0.4) is 0 Å². The number of hydrogen-bond acceptors (Lipinski definition) is 5. The molecule has 0 amide bonds. The third kappa shape index (κ3) is 3.49. The van der Waals surface area contributed by atoms with E-state index in [1.807, 2.05) is 19.9 Å². The van der Waals surface area contributed by atoms with Gasteiger partial charge in [0, 0.05) is 17.3 Å². The third-order valence-electron chi connectivity index (χ3n) is 3.21. The maximum absolute atomic E-state index is 6.04. The van der Waals surface area contributed by atoms with E-state index in [2.05, 4.69) is 48.3 Å². The quantitative estimate of drug-likeness (QED) is 0.667. The van der Waals surface area contributed by atoms with Gasteiger partial charge in [-0.05, 0) is 30.9 Å². The molecular weight excluding hydrogens is 264 g/mol. The first-order chi connectivity index (χ1) is 9.81. The van der Waals surface area contributed by atoms with Gasteiger partial charge in [0.2, 0.25) is 11.8 Å². The summed E-state index contributed by atoms with van der Waals surface area (Å²) in [5, 5.41) is 0. The Balaban J connectivity index is 2.46. The van der Waals surface area contributed by atoms with Crippen molar-refractivity contribution in [3.05, 3.63) is 41.1 Å². The minimum atomic E-state index is -0.0150. The number of rotatable bonds is 3. The molecule has 0 fully saturated rings. The predicted molar refractivity (Wildman–Crippen MR) is 84.5 cm³/mol. The van der Waals surface area contributed by atoms with Gasteiger partial charge in [-0.25, -0.2) is 10.8 Å². The van der Waals surface area contributed by atoms with Crippen LogP contribution >= 0.6 is 0 Å². The number of aromatic nitrogens is 2. The summed E-state index contributed by atoms with van der Waals surface area (Å²) in [6.07, 6.45) is 1.68. The van der Waals surface area contributed by atoms with Crippen molar-refractivity contribution in [3.63, 3.8) is 0 Å². The number of hydrogen-bond donors (Lipinski definition) is 2. The zero-order valence-electron chi connectivity index (χ0n) is 13.2. The first kappa shape index (κ1) is 15.3. The molecule has 2 aromatic rings. The van der Waals surface area contributed by atoms with Gasteiger partial charge in [-0.15, -0.1) is 0 Å². The Morgan fingerprint density at radius 1 is 1.19 bits per heavy atom. The number of ether oxygens (including phenoxy) is 1. The van der Waals surface area contributed by atoms with Crippen molar-refractivity contribution >= 4 is 5.95 Å². The fraction of sp³-hybridized carbons (Fsp3) is 0.375. The van der Waals surface area contributed by atoms with Crippen molar-refractivity contribution < 1.29 is 4.74 Å². The molecule has 0 saturated carbocycles. The molecule has 0 radical (unpaired) electrons. The second-order valence-corrected chi connectivity index (χ2v) is 6.18. The number of nitrogens with one attached hydrogen (secondary N) is 1. The highest BCUT2D eigenvalue weighted by Gasteiger charge is 2.20. The molecular formula is C16H22N4O. The number of nitrogen functional groups attached to an aromatic ring is 1. The van der Waals surface area contributed by atoms with Gasteiger partial charge >= 0.3 is 0 Å². The minimum absolute atomic E-state index is 0.0150. The van der Waals surface area contributed by atoms with Crippen LogP contribution in [-0.2, 0) is 5.41 Å². The monoisotopic (exact) mass is 286 g/mol. The highest BCUT2D eigenvalue weighted by Crippen LogP contribution is 2.35. The molecule has 5 nitrogen and oxygen atoms in total. The molecule has 1 heterocycles. The lowest BCUT2D eigenvalue weighted by atomic mass is 9.86. The topological polar surface area (TPSA) is 73.1 Å². The Labute approximate surface area is 125 Å². The summed E-state index contributed by atoms with van der Waals surface area (Å²) in [7, 11) is 0. The maximum atomic E-state index is 6.04. The second kappa shape index (κ2) is 5.69. The summed E-state index contributed by atoms with van der Waals surface area (Å²) in [5.41, 5.74) is 5.55. The van der Waals surface area contributed by atoms with Gasteiger partial charge in [0.05, 0.1) is 0 Å². The van der Waals surface area contributed by atoms with E-state index in [4.69, 9.17) is 10.6 Å². The molecule has 5 heteroatoms. The van der Waals surface area contributed by atoms with E-state index in [-0.39, 0.29) is 5.41 Å². The predicted octanol–water partition coefficient (Wildman–Crippen LogP) is 3.47. The summed E-state index contributed by atoms with van der Waals surface area (Å²) >= 11 is 0. The summed E-state index contributed by atoms with van der Waals surface area (Å²) in [5.74, 6) is 7.01.